The Kier molecular flexibility index (Phi) is 5.96. The van der Waals surface area contributed by atoms with Gasteiger partial charge in [-0.05, 0) is 12.0 Å². The summed E-state index contributed by atoms with van der Waals surface area (Å²) >= 11 is 6.05. The molecule has 148 valence electrons. The van der Waals surface area contributed by atoms with Crippen LogP contribution in [-0.2, 0) is 4.74 Å². The van der Waals surface area contributed by atoms with Gasteiger partial charge in [0.05, 0.1) is 42.8 Å². The highest BCUT2D eigenvalue weighted by molar-refractivity contribution is 6.32. The molecule has 3 aromatic heterocycles. The number of hydrogen-bond donors (Lipinski definition) is 2. The molecule has 1 atom stereocenters. The number of pyridine rings is 1. The van der Waals surface area contributed by atoms with Gasteiger partial charge in [0.2, 0.25) is 5.88 Å². The number of carbonyl (C=O) groups excluding carboxylic acids is 1. The highest BCUT2D eigenvalue weighted by Gasteiger charge is 2.24. The first-order chi connectivity index (χ1) is 13.4. The minimum atomic E-state index is -0.476. The van der Waals surface area contributed by atoms with Crippen LogP contribution in [0.15, 0.2) is 30.7 Å². The van der Waals surface area contributed by atoms with E-state index < -0.39 is 6.03 Å². The first kappa shape index (κ1) is 19.8. The molecule has 0 aromatic carbocycles. The highest BCUT2D eigenvalue weighted by Crippen LogP contribution is 2.31. The molecule has 0 saturated carbocycles. The molecule has 0 spiro atoms. The number of anilines is 2. The molecular weight excluding hydrogens is 384 g/mol. The molecule has 0 aliphatic carbocycles. The number of methoxy groups -OCH3 is 2. The number of nitrogens with one attached hydrogen (secondary N) is 2. The van der Waals surface area contributed by atoms with Crippen molar-refractivity contribution in [3.05, 3.63) is 41.4 Å². The largest absolute Gasteiger partial charge is 0.480 e. The minimum Gasteiger partial charge on any atom is -0.480 e. The van der Waals surface area contributed by atoms with Crippen LogP contribution in [-0.4, -0.2) is 39.8 Å². The summed E-state index contributed by atoms with van der Waals surface area (Å²) in [6, 6.07) is 2.86. The van der Waals surface area contributed by atoms with Crippen molar-refractivity contribution in [1.82, 2.24) is 19.6 Å². The lowest BCUT2D eigenvalue weighted by molar-refractivity contribution is 0.0600. The maximum absolute atomic E-state index is 12.5. The summed E-state index contributed by atoms with van der Waals surface area (Å²) in [7, 11) is 3.09. The molecule has 2 amide bonds. The normalized spacial score (nSPS) is 12.2. The second kappa shape index (κ2) is 8.41. The van der Waals surface area contributed by atoms with E-state index in [9.17, 15) is 4.79 Å². The fourth-order valence-corrected chi connectivity index (χ4v) is 3.13. The number of amides is 2. The van der Waals surface area contributed by atoms with Crippen LogP contribution >= 0.6 is 11.6 Å². The molecule has 0 radical (unpaired) electrons. The summed E-state index contributed by atoms with van der Waals surface area (Å²) in [5, 5.41) is 10.1. The summed E-state index contributed by atoms with van der Waals surface area (Å²) in [6.45, 7) is 4.05. The smallest absolute Gasteiger partial charge is 0.323 e. The summed E-state index contributed by atoms with van der Waals surface area (Å²) < 4.78 is 12.3. The molecule has 2 N–H and O–H groups in total. The maximum Gasteiger partial charge on any atom is 0.323 e. The van der Waals surface area contributed by atoms with Crippen LogP contribution < -0.4 is 15.4 Å². The number of rotatable bonds is 6. The van der Waals surface area contributed by atoms with Gasteiger partial charge in [-0.1, -0.05) is 25.4 Å². The van der Waals surface area contributed by atoms with Crippen molar-refractivity contribution in [1.29, 1.82) is 0 Å². The van der Waals surface area contributed by atoms with Crippen LogP contribution in [0.2, 0.25) is 5.02 Å². The van der Waals surface area contributed by atoms with Crippen LogP contribution in [0.5, 0.6) is 5.88 Å². The second-order valence-electron chi connectivity index (χ2n) is 6.35. The Hall–Kier alpha value is -2.91. The van der Waals surface area contributed by atoms with Crippen molar-refractivity contribution in [3.8, 4) is 5.88 Å². The molecule has 1 unspecified atom stereocenters. The van der Waals surface area contributed by atoms with Crippen LogP contribution in [0.4, 0.5) is 16.2 Å². The number of nitrogens with zero attached hydrogens (tertiary/aromatic N) is 4. The second-order valence-corrected chi connectivity index (χ2v) is 6.76. The molecule has 0 bridgehead atoms. The fraction of sp³-hybridized carbons (Fsp3) is 0.333. The Bertz CT molecular complexity index is 991. The molecule has 3 aromatic rings. The summed E-state index contributed by atoms with van der Waals surface area (Å²) in [6.07, 6.45) is 4.39. The average molecular weight is 405 g/mol. The standard InChI is InChI=1S/C18H21ClN6O3/c1-10(2)16(27-3)15-13(9-20-14-5-6-22-25(14)15)24-18(26)23-11-7-12(19)17(28-4)21-8-11/h5-10,16H,1-4H3,(H2,23,24,26). The number of fused-ring (bicyclic) bond motifs is 1. The van der Waals surface area contributed by atoms with Gasteiger partial charge in [0.15, 0.2) is 5.65 Å². The Morgan fingerprint density at radius 3 is 2.64 bits per heavy atom. The third-order valence-electron chi connectivity index (χ3n) is 4.09. The minimum absolute atomic E-state index is 0.146. The molecule has 10 heteroatoms. The van der Waals surface area contributed by atoms with Gasteiger partial charge < -0.3 is 20.1 Å². The van der Waals surface area contributed by atoms with Crippen molar-refractivity contribution in [2.75, 3.05) is 24.9 Å². The van der Waals surface area contributed by atoms with Crippen molar-refractivity contribution in [2.24, 2.45) is 5.92 Å². The number of carbonyl (C=O) groups is 1. The van der Waals surface area contributed by atoms with Gasteiger partial charge in [-0.3, -0.25) is 0 Å². The Labute approximate surface area is 167 Å². The molecular formula is C18H21ClN6O3. The zero-order chi connectivity index (χ0) is 20.3. The van der Waals surface area contributed by atoms with Gasteiger partial charge in [-0.15, -0.1) is 0 Å². The molecule has 0 saturated heterocycles. The third-order valence-corrected chi connectivity index (χ3v) is 4.36. The van der Waals surface area contributed by atoms with Crippen LogP contribution in [0, 0.1) is 5.92 Å². The van der Waals surface area contributed by atoms with Gasteiger partial charge in [-0.25, -0.2) is 19.3 Å². The van der Waals surface area contributed by atoms with Gasteiger partial charge in [-0.2, -0.15) is 5.10 Å². The number of aromatic nitrogens is 4. The Morgan fingerprint density at radius 1 is 1.21 bits per heavy atom. The molecule has 0 aliphatic rings. The quantitative estimate of drug-likeness (QED) is 0.648. The number of urea groups is 1. The monoisotopic (exact) mass is 404 g/mol. The van der Waals surface area contributed by atoms with E-state index in [4.69, 9.17) is 21.1 Å². The van der Waals surface area contributed by atoms with Crippen molar-refractivity contribution in [3.63, 3.8) is 0 Å². The van der Waals surface area contributed by atoms with Crippen molar-refractivity contribution in [2.45, 2.75) is 20.0 Å². The number of hydrogen-bond acceptors (Lipinski definition) is 6. The zero-order valence-corrected chi connectivity index (χ0v) is 16.7. The van der Waals surface area contributed by atoms with E-state index in [1.807, 2.05) is 13.8 Å². The first-order valence-corrected chi connectivity index (χ1v) is 8.95. The molecule has 3 heterocycles. The molecule has 9 nitrogen and oxygen atoms in total. The highest BCUT2D eigenvalue weighted by atomic mass is 35.5. The molecule has 3 rings (SSSR count). The fourth-order valence-electron chi connectivity index (χ4n) is 2.89. The van der Waals surface area contributed by atoms with Crippen molar-refractivity contribution < 1.29 is 14.3 Å². The van der Waals surface area contributed by atoms with Gasteiger partial charge in [0.25, 0.3) is 0 Å². The average Bonchev–Trinajstić information content (AvgIpc) is 3.12. The zero-order valence-electron chi connectivity index (χ0n) is 15.9. The first-order valence-electron chi connectivity index (χ1n) is 8.57. The van der Waals surface area contributed by atoms with E-state index in [0.717, 1.165) is 0 Å². The van der Waals surface area contributed by atoms with E-state index >= 15 is 0 Å². The SMILES string of the molecule is COc1ncc(NC(=O)Nc2cnc3ccnn3c2C(OC)C(C)C)cc1Cl. The summed E-state index contributed by atoms with van der Waals surface area (Å²) in [5.41, 5.74) is 2.27. The maximum atomic E-state index is 12.5. The van der Waals surface area contributed by atoms with E-state index in [1.54, 1.807) is 36.2 Å². The predicted molar refractivity (Wildman–Crippen MR) is 106 cm³/mol. The molecule has 0 fully saturated rings. The van der Waals surface area contributed by atoms with E-state index in [1.165, 1.54) is 13.3 Å². The van der Waals surface area contributed by atoms with Gasteiger partial charge >= 0.3 is 6.03 Å². The predicted octanol–water partition coefficient (Wildman–Crippen LogP) is 3.77. The van der Waals surface area contributed by atoms with Crippen LogP contribution in [0.25, 0.3) is 5.65 Å². The lowest BCUT2D eigenvalue weighted by atomic mass is 10.0. The molecule has 0 aliphatic heterocycles. The van der Waals surface area contributed by atoms with E-state index in [-0.39, 0.29) is 17.9 Å². The number of ether oxygens (including phenoxy) is 2. The lowest BCUT2D eigenvalue weighted by Crippen LogP contribution is -2.24. The van der Waals surface area contributed by atoms with Crippen LogP contribution in [0.3, 0.4) is 0 Å². The third kappa shape index (κ3) is 4.00. The molecule has 28 heavy (non-hydrogen) atoms. The number of halogens is 1. The Balaban J connectivity index is 1.89. The van der Waals surface area contributed by atoms with Gasteiger partial charge in [0, 0.05) is 13.2 Å². The van der Waals surface area contributed by atoms with E-state index in [0.29, 0.717) is 27.7 Å². The van der Waals surface area contributed by atoms with E-state index in [2.05, 4.69) is 25.7 Å². The summed E-state index contributed by atoms with van der Waals surface area (Å²) in [4.78, 5) is 20.9. The van der Waals surface area contributed by atoms with Crippen LogP contribution in [0.1, 0.15) is 25.6 Å². The lowest BCUT2D eigenvalue weighted by Gasteiger charge is -2.23. The van der Waals surface area contributed by atoms with Crippen molar-refractivity contribution >= 4 is 34.7 Å². The topological polar surface area (TPSA) is 103 Å². The summed E-state index contributed by atoms with van der Waals surface area (Å²) in [5.74, 6) is 0.427. The van der Waals surface area contributed by atoms with Gasteiger partial charge in [0.1, 0.15) is 11.1 Å². The Morgan fingerprint density at radius 2 is 2.00 bits per heavy atom.